The molecule has 0 unspecified atom stereocenters. The molecule has 7 nitrogen and oxygen atoms in total. The molecule has 0 atom stereocenters. The molecule has 2 aromatic heterocycles. The first kappa shape index (κ1) is 18.4. The Labute approximate surface area is 163 Å². The fraction of sp³-hybridized carbons (Fsp3) is 0.0952. The smallest absolute Gasteiger partial charge is 0.329 e. The van der Waals surface area contributed by atoms with Gasteiger partial charge in [0, 0.05) is 23.9 Å². The summed E-state index contributed by atoms with van der Waals surface area (Å²) in [6.07, 6.45) is 1.46. The molecule has 0 bridgehead atoms. The van der Waals surface area contributed by atoms with Crippen molar-refractivity contribution in [1.82, 2.24) is 19.9 Å². The number of H-pyrrole nitrogens is 2. The van der Waals surface area contributed by atoms with Gasteiger partial charge in [-0.2, -0.15) is 0 Å². The van der Waals surface area contributed by atoms with E-state index in [9.17, 15) is 18.8 Å². The van der Waals surface area contributed by atoms with Crippen molar-refractivity contribution in [2.24, 2.45) is 0 Å². The molecule has 2 aromatic carbocycles. The maximum atomic E-state index is 14.1. The molecule has 0 spiro atoms. The van der Waals surface area contributed by atoms with E-state index in [4.69, 9.17) is 0 Å². The zero-order chi connectivity index (χ0) is 20.4. The Bertz CT molecular complexity index is 1310. The molecule has 0 aliphatic heterocycles. The minimum absolute atomic E-state index is 0.0960. The summed E-state index contributed by atoms with van der Waals surface area (Å²) in [6, 6.07) is 15.3. The van der Waals surface area contributed by atoms with Crippen LogP contribution in [0, 0.1) is 5.82 Å². The number of aromatic nitrogens is 3. The number of hydrogen-bond acceptors (Lipinski definition) is 3. The van der Waals surface area contributed by atoms with Crippen LogP contribution in [0.4, 0.5) is 4.39 Å². The predicted molar refractivity (Wildman–Crippen MR) is 107 cm³/mol. The molecule has 0 saturated heterocycles. The number of benzene rings is 2. The normalized spacial score (nSPS) is 10.9. The van der Waals surface area contributed by atoms with Crippen LogP contribution in [0.15, 0.2) is 70.4 Å². The molecule has 0 saturated carbocycles. The molecule has 4 aromatic rings. The zero-order valence-electron chi connectivity index (χ0n) is 15.2. The summed E-state index contributed by atoms with van der Waals surface area (Å²) in [4.78, 5) is 42.8. The molecular formula is C21H17FN4O3. The van der Waals surface area contributed by atoms with Crippen LogP contribution in [0.5, 0.6) is 0 Å². The van der Waals surface area contributed by atoms with E-state index in [1.807, 2.05) is 30.3 Å². The predicted octanol–water partition coefficient (Wildman–Crippen LogP) is 2.14. The van der Waals surface area contributed by atoms with Crippen LogP contribution in [-0.2, 0) is 17.9 Å². The molecule has 4 rings (SSSR count). The van der Waals surface area contributed by atoms with Crippen molar-refractivity contribution in [1.29, 1.82) is 0 Å². The van der Waals surface area contributed by atoms with E-state index < -0.39 is 29.5 Å². The highest BCUT2D eigenvalue weighted by Gasteiger charge is 2.17. The van der Waals surface area contributed by atoms with Gasteiger partial charge in [0.05, 0.1) is 5.52 Å². The van der Waals surface area contributed by atoms with Gasteiger partial charge in [-0.05, 0) is 11.6 Å². The van der Waals surface area contributed by atoms with Gasteiger partial charge >= 0.3 is 5.69 Å². The summed E-state index contributed by atoms with van der Waals surface area (Å²) in [5, 5.41) is 2.68. The van der Waals surface area contributed by atoms with Gasteiger partial charge < -0.3 is 15.3 Å². The van der Waals surface area contributed by atoms with Gasteiger partial charge in [-0.1, -0.05) is 48.5 Å². The van der Waals surface area contributed by atoms with Crippen molar-refractivity contribution < 1.29 is 9.18 Å². The van der Waals surface area contributed by atoms with E-state index in [-0.39, 0.29) is 23.1 Å². The lowest BCUT2D eigenvalue weighted by molar-refractivity contribution is -0.121. The van der Waals surface area contributed by atoms with Gasteiger partial charge in [0.25, 0.3) is 5.56 Å². The van der Waals surface area contributed by atoms with Crippen LogP contribution in [0.2, 0.25) is 0 Å². The topological polar surface area (TPSA) is 99.8 Å². The molecule has 3 N–H and O–H groups in total. The van der Waals surface area contributed by atoms with Crippen molar-refractivity contribution in [3.05, 3.63) is 93.0 Å². The third-order valence-electron chi connectivity index (χ3n) is 4.61. The third-order valence-corrected chi connectivity index (χ3v) is 4.61. The van der Waals surface area contributed by atoms with Crippen LogP contribution in [0.3, 0.4) is 0 Å². The first-order valence-corrected chi connectivity index (χ1v) is 8.94. The number of hydrogen-bond donors (Lipinski definition) is 3. The number of rotatable bonds is 5. The SMILES string of the molecule is O=C(Cn1c(=O)[nH]c2c(-c3ccccc3F)c[nH]c2c1=O)NCc1ccccc1. The lowest BCUT2D eigenvalue weighted by Crippen LogP contribution is -2.40. The fourth-order valence-electron chi connectivity index (χ4n) is 3.16. The molecule has 29 heavy (non-hydrogen) atoms. The molecule has 0 aliphatic rings. The number of carbonyl (C=O) groups excluding carboxylic acids is 1. The van der Waals surface area contributed by atoms with Gasteiger partial charge in [-0.15, -0.1) is 0 Å². The Balaban J connectivity index is 1.63. The zero-order valence-corrected chi connectivity index (χ0v) is 15.2. The minimum Gasteiger partial charge on any atom is -0.355 e. The number of nitrogens with one attached hydrogen (secondary N) is 3. The van der Waals surface area contributed by atoms with Gasteiger partial charge in [-0.3, -0.25) is 9.59 Å². The lowest BCUT2D eigenvalue weighted by atomic mass is 10.1. The summed E-state index contributed by atoms with van der Waals surface area (Å²) < 4.78 is 14.9. The van der Waals surface area contributed by atoms with Crippen molar-refractivity contribution in [2.45, 2.75) is 13.1 Å². The van der Waals surface area contributed by atoms with Gasteiger partial charge in [-0.25, -0.2) is 13.8 Å². The summed E-state index contributed by atoms with van der Waals surface area (Å²) in [6.45, 7) is -0.139. The number of halogens is 1. The van der Waals surface area contributed by atoms with Crippen molar-refractivity contribution in [2.75, 3.05) is 0 Å². The van der Waals surface area contributed by atoms with E-state index in [1.165, 1.54) is 12.3 Å². The molecule has 2 heterocycles. The van der Waals surface area contributed by atoms with Gasteiger partial charge in [0.15, 0.2) is 0 Å². The Morgan fingerprint density at radius 1 is 0.966 bits per heavy atom. The van der Waals surface area contributed by atoms with Gasteiger partial charge in [0.1, 0.15) is 17.9 Å². The maximum absolute atomic E-state index is 14.1. The fourth-order valence-corrected chi connectivity index (χ4v) is 3.16. The number of amides is 1. The average Bonchev–Trinajstić information content (AvgIpc) is 3.14. The summed E-state index contributed by atoms with van der Waals surface area (Å²) in [7, 11) is 0. The first-order valence-electron chi connectivity index (χ1n) is 8.94. The third kappa shape index (κ3) is 3.60. The van der Waals surface area contributed by atoms with Crippen LogP contribution < -0.4 is 16.6 Å². The largest absolute Gasteiger partial charge is 0.355 e. The average molecular weight is 392 g/mol. The van der Waals surface area contributed by atoms with Crippen LogP contribution >= 0.6 is 0 Å². The summed E-state index contributed by atoms with van der Waals surface area (Å²) in [5.41, 5.74) is 0.428. The highest BCUT2D eigenvalue weighted by molar-refractivity contribution is 5.92. The molecule has 0 radical (unpaired) electrons. The second-order valence-electron chi connectivity index (χ2n) is 6.52. The van der Waals surface area contributed by atoms with Crippen molar-refractivity contribution >= 4 is 16.9 Å². The highest BCUT2D eigenvalue weighted by Crippen LogP contribution is 2.27. The minimum atomic E-state index is -0.741. The Morgan fingerprint density at radius 3 is 2.45 bits per heavy atom. The second-order valence-corrected chi connectivity index (χ2v) is 6.52. The molecule has 146 valence electrons. The van der Waals surface area contributed by atoms with Crippen LogP contribution in [0.25, 0.3) is 22.2 Å². The number of fused-ring (bicyclic) bond motifs is 1. The Kier molecular flexibility index (Phi) is 4.82. The Morgan fingerprint density at radius 2 is 1.69 bits per heavy atom. The van der Waals surface area contributed by atoms with Crippen molar-refractivity contribution in [3.63, 3.8) is 0 Å². The molecule has 8 heteroatoms. The van der Waals surface area contributed by atoms with Crippen LogP contribution in [0.1, 0.15) is 5.56 Å². The van der Waals surface area contributed by atoms with E-state index >= 15 is 0 Å². The molecule has 1 amide bonds. The van der Waals surface area contributed by atoms with Crippen LogP contribution in [-0.4, -0.2) is 20.4 Å². The quantitative estimate of drug-likeness (QED) is 0.485. The van der Waals surface area contributed by atoms with E-state index in [0.717, 1.165) is 10.1 Å². The molecule has 0 aliphatic carbocycles. The number of aromatic amines is 2. The molecular weight excluding hydrogens is 375 g/mol. The van der Waals surface area contributed by atoms with E-state index in [2.05, 4.69) is 15.3 Å². The lowest BCUT2D eigenvalue weighted by Gasteiger charge is -2.07. The van der Waals surface area contributed by atoms with Crippen molar-refractivity contribution in [3.8, 4) is 11.1 Å². The summed E-state index contributed by atoms with van der Waals surface area (Å²) >= 11 is 0. The second kappa shape index (κ2) is 7.59. The summed E-state index contributed by atoms with van der Waals surface area (Å²) in [5.74, 6) is -0.944. The Hall–Kier alpha value is -3.94. The number of carbonyl (C=O) groups is 1. The monoisotopic (exact) mass is 392 g/mol. The number of nitrogens with zero attached hydrogens (tertiary/aromatic N) is 1. The first-order chi connectivity index (χ1) is 14.0. The van der Waals surface area contributed by atoms with E-state index in [1.54, 1.807) is 18.2 Å². The highest BCUT2D eigenvalue weighted by atomic mass is 19.1. The van der Waals surface area contributed by atoms with Gasteiger partial charge in [0.2, 0.25) is 5.91 Å². The maximum Gasteiger partial charge on any atom is 0.329 e. The van der Waals surface area contributed by atoms with E-state index in [0.29, 0.717) is 5.56 Å². The molecule has 0 fully saturated rings. The standard InChI is InChI=1S/C21H17FN4O3/c22-16-9-5-4-8-14(16)15-11-24-19-18(15)25-21(29)26(20(19)28)12-17(27)23-10-13-6-2-1-3-7-13/h1-9,11,24H,10,12H2,(H,23,27)(H,25,29).